The maximum atomic E-state index is 11.6. The van der Waals surface area contributed by atoms with Crippen molar-refractivity contribution in [3.63, 3.8) is 0 Å². The number of carboxylic acids is 2. The molecular formula is C11H18N2O5S. The van der Waals surface area contributed by atoms with Crippen LogP contribution < -0.4 is 11.1 Å². The molecule has 108 valence electrons. The summed E-state index contributed by atoms with van der Waals surface area (Å²) in [6.07, 6.45) is 1.36. The van der Waals surface area contributed by atoms with Gasteiger partial charge in [0.05, 0.1) is 6.04 Å². The zero-order valence-electron chi connectivity index (χ0n) is 10.4. The Labute approximate surface area is 115 Å². The minimum atomic E-state index is -1.16. The van der Waals surface area contributed by atoms with Gasteiger partial charge < -0.3 is 21.3 Å². The molecule has 2 atom stereocenters. The summed E-state index contributed by atoms with van der Waals surface area (Å²) in [6, 6.07) is -2.07. The van der Waals surface area contributed by atoms with Gasteiger partial charge in [0.15, 0.2) is 0 Å². The van der Waals surface area contributed by atoms with Crippen LogP contribution in [0.15, 0.2) is 12.7 Å². The number of aliphatic carboxylic acids is 2. The average molecular weight is 290 g/mol. The minimum Gasteiger partial charge on any atom is -0.481 e. The first-order chi connectivity index (χ1) is 8.88. The SMILES string of the molecule is C=CCSCC(NC(=O)C(N)CCC(=O)O)C(=O)O. The molecule has 0 aromatic carbocycles. The lowest BCUT2D eigenvalue weighted by molar-refractivity contribution is -0.141. The predicted molar refractivity (Wildman–Crippen MR) is 71.9 cm³/mol. The highest BCUT2D eigenvalue weighted by atomic mass is 32.2. The van der Waals surface area contributed by atoms with E-state index in [1.807, 2.05) is 0 Å². The van der Waals surface area contributed by atoms with Gasteiger partial charge in [-0.15, -0.1) is 6.58 Å². The summed E-state index contributed by atoms with van der Waals surface area (Å²) in [5.74, 6) is -2.11. The molecule has 0 bridgehead atoms. The first-order valence-electron chi connectivity index (χ1n) is 5.57. The van der Waals surface area contributed by atoms with Crippen molar-refractivity contribution in [1.29, 1.82) is 0 Å². The van der Waals surface area contributed by atoms with Crippen molar-refractivity contribution in [3.8, 4) is 0 Å². The normalized spacial score (nSPS) is 13.3. The number of nitrogens with two attached hydrogens (primary N) is 1. The summed E-state index contributed by atoms with van der Waals surface area (Å²) in [6.45, 7) is 3.50. The topological polar surface area (TPSA) is 130 Å². The van der Waals surface area contributed by atoms with Crippen LogP contribution in [-0.4, -0.2) is 51.6 Å². The molecule has 0 saturated carbocycles. The van der Waals surface area contributed by atoms with Gasteiger partial charge in [0.2, 0.25) is 5.91 Å². The number of carbonyl (C=O) groups excluding carboxylic acids is 1. The summed E-state index contributed by atoms with van der Waals surface area (Å²) in [5.41, 5.74) is 5.48. The summed E-state index contributed by atoms with van der Waals surface area (Å²) < 4.78 is 0. The smallest absolute Gasteiger partial charge is 0.327 e. The first kappa shape index (κ1) is 17.5. The van der Waals surface area contributed by atoms with Crippen molar-refractivity contribution in [1.82, 2.24) is 5.32 Å². The third-order valence-electron chi connectivity index (χ3n) is 2.14. The Morgan fingerprint density at radius 3 is 2.47 bits per heavy atom. The number of nitrogens with one attached hydrogen (secondary N) is 1. The number of rotatable bonds is 10. The van der Waals surface area contributed by atoms with E-state index < -0.39 is 29.9 Å². The maximum Gasteiger partial charge on any atom is 0.327 e. The van der Waals surface area contributed by atoms with E-state index in [-0.39, 0.29) is 18.6 Å². The lowest BCUT2D eigenvalue weighted by Crippen LogP contribution is -2.49. The van der Waals surface area contributed by atoms with Crippen LogP contribution in [0.1, 0.15) is 12.8 Å². The van der Waals surface area contributed by atoms with Gasteiger partial charge in [-0.2, -0.15) is 11.8 Å². The second-order valence-electron chi connectivity index (χ2n) is 3.76. The van der Waals surface area contributed by atoms with Crippen LogP contribution in [0.4, 0.5) is 0 Å². The zero-order chi connectivity index (χ0) is 14.8. The molecule has 0 aliphatic heterocycles. The van der Waals surface area contributed by atoms with Crippen LogP contribution in [0.2, 0.25) is 0 Å². The van der Waals surface area contributed by atoms with Crippen LogP contribution in [-0.2, 0) is 14.4 Å². The van der Waals surface area contributed by atoms with Crippen molar-refractivity contribution in [2.45, 2.75) is 24.9 Å². The monoisotopic (exact) mass is 290 g/mol. The summed E-state index contributed by atoms with van der Waals surface area (Å²) in [4.78, 5) is 32.8. The fraction of sp³-hybridized carbons (Fsp3) is 0.545. The van der Waals surface area contributed by atoms with E-state index >= 15 is 0 Å². The highest BCUT2D eigenvalue weighted by molar-refractivity contribution is 7.99. The van der Waals surface area contributed by atoms with Crippen molar-refractivity contribution in [2.24, 2.45) is 5.73 Å². The molecule has 7 nitrogen and oxygen atoms in total. The number of amides is 1. The maximum absolute atomic E-state index is 11.6. The van der Waals surface area contributed by atoms with Crippen molar-refractivity contribution in [2.75, 3.05) is 11.5 Å². The van der Waals surface area contributed by atoms with Crippen LogP contribution in [0.25, 0.3) is 0 Å². The molecule has 0 saturated heterocycles. The van der Waals surface area contributed by atoms with Gasteiger partial charge >= 0.3 is 11.9 Å². The Hall–Kier alpha value is -1.54. The zero-order valence-corrected chi connectivity index (χ0v) is 11.2. The quantitative estimate of drug-likeness (QED) is 0.320. The summed E-state index contributed by atoms with van der Waals surface area (Å²) in [5, 5.41) is 19.7. The molecule has 0 aliphatic rings. The van der Waals surface area contributed by atoms with Crippen molar-refractivity contribution < 1.29 is 24.6 Å². The molecule has 0 fully saturated rings. The molecule has 0 rings (SSSR count). The van der Waals surface area contributed by atoms with Gasteiger partial charge in [0, 0.05) is 17.9 Å². The second-order valence-corrected chi connectivity index (χ2v) is 4.84. The van der Waals surface area contributed by atoms with E-state index in [2.05, 4.69) is 11.9 Å². The van der Waals surface area contributed by atoms with Gasteiger partial charge in [0.1, 0.15) is 6.04 Å². The largest absolute Gasteiger partial charge is 0.481 e. The third-order valence-corrected chi connectivity index (χ3v) is 3.18. The van der Waals surface area contributed by atoms with E-state index in [1.165, 1.54) is 11.8 Å². The summed E-state index contributed by atoms with van der Waals surface area (Å²) >= 11 is 1.31. The predicted octanol–water partition coefficient (Wildman–Crippen LogP) is -0.333. The number of thioether (sulfide) groups is 1. The van der Waals surface area contributed by atoms with Crippen LogP contribution in [0.3, 0.4) is 0 Å². The molecule has 8 heteroatoms. The molecule has 0 aliphatic carbocycles. The Morgan fingerprint density at radius 2 is 2.00 bits per heavy atom. The molecule has 1 amide bonds. The number of carboxylic acid groups (broad SMARTS) is 2. The van der Waals surface area contributed by atoms with E-state index in [1.54, 1.807) is 6.08 Å². The lowest BCUT2D eigenvalue weighted by Gasteiger charge is -2.17. The molecular weight excluding hydrogens is 272 g/mol. The molecule has 0 heterocycles. The summed E-state index contributed by atoms with van der Waals surface area (Å²) in [7, 11) is 0. The molecule has 2 unspecified atom stereocenters. The first-order valence-corrected chi connectivity index (χ1v) is 6.73. The van der Waals surface area contributed by atoms with Gasteiger partial charge in [-0.25, -0.2) is 4.79 Å². The number of hydrogen-bond acceptors (Lipinski definition) is 5. The highest BCUT2D eigenvalue weighted by Crippen LogP contribution is 2.04. The van der Waals surface area contributed by atoms with E-state index in [0.29, 0.717) is 5.75 Å². The second kappa shape index (κ2) is 9.40. The molecule has 0 radical (unpaired) electrons. The van der Waals surface area contributed by atoms with Gasteiger partial charge in [-0.05, 0) is 6.42 Å². The Morgan fingerprint density at radius 1 is 1.37 bits per heavy atom. The fourth-order valence-corrected chi connectivity index (χ4v) is 1.90. The van der Waals surface area contributed by atoms with Gasteiger partial charge in [-0.1, -0.05) is 6.08 Å². The lowest BCUT2D eigenvalue weighted by atomic mass is 10.1. The Bertz CT molecular complexity index is 348. The van der Waals surface area contributed by atoms with Crippen LogP contribution in [0.5, 0.6) is 0 Å². The third kappa shape index (κ3) is 8.22. The van der Waals surface area contributed by atoms with E-state index in [9.17, 15) is 14.4 Å². The molecule has 0 aromatic rings. The van der Waals surface area contributed by atoms with E-state index in [4.69, 9.17) is 15.9 Å². The van der Waals surface area contributed by atoms with Crippen molar-refractivity contribution in [3.05, 3.63) is 12.7 Å². The van der Waals surface area contributed by atoms with Crippen LogP contribution in [0, 0.1) is 0 Å². The Kier molecular flexibility index (Phi) is 8.64. The Balaban J connectivity index is 4.25. The molecule has 0 aromatic heterocycles. The molecule has 19 heavy (non-hydrogen) atoms. The number of hydrogen-bond donors (Lipinski definition) is 4. The van der Waals surface area contributed by atoms with Gasteiger partial charge in [-0.3, -0.25) is 9.59 Å². The minimum absolute atomic E-state index is 0.0344. The molecule has 0 spiro atoms. The number of carbonyl (C=O) groups is 3. The fourth-order valence-electron chi connectivity index (χ4n) is 1.13. The standard InChI is InChI=1S/C11H18N2O5S/c1-2-5-19-6-8(11(17)18)13-10(16)7(12)3-4-9(14)15/h2,7-8H,1,3-6,12H2,(H,13,16)(H,14,15)(H,17,18). The van der Waals surface area contributed by atoms with E-state index in [0.717, 1.165) is 0 Å². The van der Waals surface area contributed by atoms with Crippen LogP contribution >= 0.6 is 11.8 Å². The molecule has 5 N–H and O–H groups in total. The van der Waals surface area contributed by atoms with Gasteiger partial charge in [0.25, 0.3) is 0 Å². The average Bonchev–Trinajstić information content (AvgIpc) is 2.34. The highest BCUT2D eigenvalue weighted by Gasteiger charge is 2.23. The van der Waals surface area contributed by atoms with Crippen molar-refractivity contribution >= 4 is 29.6 Å².